The Morgan fingerprint density at radius 2 is 1.04 bits per heavy atom. The number of thiazole rings is 1. The first-order valence-electron chi connectivity index (χ1n) is 18.0. The fraction of sp³-hybridized carbons (Fsp3) is 0. The number of hydrogen-bond donors (Lipinski definition) is 0. The van der Waals surface area contributed by atoms with Crippen molar-refractivity contribution in [3.8, 4) is 50.4 Å². The second-order valence-electron chi connectivity index (χ2n) is 13.5. The van der Waals surface area contributed by atoms with Crippen molar-refractivity contribution < 1.29 is 0 Å². The second kappa shape index (κ2) is 12.3. The third-order valence-electron chi connectivity index (χ3n) is 10.3. The van der Waals surface area contributed by atoms with Gasteiger partial charge in [-0.05, 0) is 51.6 Å². The summed E-state index contributed by atoms with van der Waals surface area (Å²) in [4.78, 5) is 20.4. The highest BCUT2D eigenvalue weighted by molar-refractivity contribution is 7.21. The summed E-state index contributed by atoms with van der Waals surface area (Å²) >= 11 is 1.73. The van der Waals surface area contributed by atoms with E-state index in [1.165, 1.54) is 26.4 Å². The molecule has 0 radical (unpaired) electrons. The average Bonchev–Trinajstić information content (AvgIpc) is 3.84. The van der Waals surface area contributed by atoms with Crippen LogP contribution >= 0.6 is 11.3 Å². The summed E-state index contributed by atoms with van der Waals surface area (Å²) in [6, 6.07) is 61.6. The van der Waals surface area contributed by atoms with Crippen molar-refractivity contribution in [1.29, 1.82) is 0 Å². The molecule has 8 aromatic carbocycles. The molecule has 0 amide bonds. The maximum absolute atomic E-state index is 5.23. The van der Waals surface area contributed by atoms with Gasteiger partial charge in [0.25, 0.3) is 0 Å². The zero-order valence-electron chi connectivity index (χ0n) is 28.9. The van der Waals surface area contributed by atoms with E-state index < -0.39 is 0 Å². The fourth-order valence-corrected chi connectivity index (χ4v) is 8.74. The lowest BCUT2D eigenvalue weighted by Crippen LogP contribution is -2.06. The van der Waals surface area contributed by atoms with Crippen LogP contribution in [0.25, 0.3) is 104 Å². The van der Waals surface area contributed by atoms with Gasteiger partial charge in [-0.1, -0.05) is 152 Å². The molecule has 5 nitrogen and oxygen atoms in total. The lowest BCUT2D eigenvalue weighted by atomic mass is 9.94. The Labute approximate surface area is 314 Å². The van der Waals surface area contributed by atoms with Crippen LogP contribution in [0.1, 0.15) is 0 Å². The molecule has 0 N–H and O–H groups in total. The Kier molecular flexibility index (Phi) is 6.97. The van der Waals surface area contributed by atoms with E-state index in [9.17, 15) is 0 Å². The number of para-hydroxylation sites is 1. The van der Waals surface area contributed by atoms with E-state index >= 15 is 0 Å². The van der Waals surface area contributed by atoms with E-state index in [2.05, 4.69) is 138 Å². The zero-order chi connectivity index (χ0) is 35.6. The molecule has 0 aliphatic rings. The Hall–Kier alpha value is -7.02. The minimum atomic E-state index is 0.580. The summed E-state index contributed by atoms with van der Waals surface area (Å²) in [5.74, 6) is 1.84. The highest BCUT2D eigenvalue weighted by Gasteiger charge is 2.22. The van der Waals surface area contributed by atoms with Gasteiger partial charge in [0.15, 0.2) is 11.6 Å². The van der Waals surface area contributed by atoms with Crippen LogP contribution in [-0.2, 0) is 0 Å². The quantitative estimate of drug-likeness (QED) is 0.179. The Balaban J connectivity index is 1.20. The van der Waals surface area contributed by atoms with Crippen molar-refractivity contribution in [2.45, 2.75) is 0 Å². The third kappa shape index (κ3) is 4.92. The van der Waals surface area contributed by atoms with Gasteiger partial charge in [-0.25, -0.2) is 9.97 Å². The van der Waals surface area contributed by atoms with Crippen LogP contribution in [0.4, 0.5) is 0 Å². The van der Waals surface area contributed by atoms with Crippen molar-refractivity contribution >= 4 is 64.9 Å². The van der Waals surface area contributed by atoms with Gasteiger partial charge in [-0.3, -0.25) is 4.57 Å². The molecule has 54 heavy (non-hydrogen) atoms. The van der Waals surface area contributed by atoms with Gasteiger partial charge in [-0.2, -0.15) is 9.97 Å². The molecular formula is C48H29N5S. The largest absolute Gasteiger partial charge is 0.277 e. The maximum atomic E-state index is 5.23. The van der Waals surface area contributed by atoms with E-state index in [1.807, 2.05) is 42.5 Å². The molecule has 0 saturated carbocycles. The smallest absolute Gasteiger partial charge is 0.238 e. The number of hydrogen-bond acceptors (Lipinski definition) is 5. The van der Waals surface area contributed by atoms with Crippen molar-refractivity contribution in [1.82, 2.24) is 24.5 Å². The van der Waals surface area contributed by atoms with E-state index in [0.717, 1.165) is 60.0 Å². The van der Waals surface area contributed by atoms with Gasteiger partial charge < -0.3 is 0 Å². The van der Waals surface area contributed by atoms with Crippen molar-refractivity contribution in [3.63, 3.8) is 0 Å². The van der Waals surface area contributed by atoms with Crippen molar-refractivity contribution in [2.75, 3.05) is 0 Å². The van der Waals surface area contributed by atoms with Gasteiger partial charge in [-0.15, -0.1) is 11.3 Å². The van der Waals surface area contributed by atoms with E-state index in [-0.39, 0.29) is 0 Å². The van der Waals surface area contributed by atoms with Crippen LogP contribution in [0.2, 0.25) is 0 Å². The molecule has 0 fully saturated rings. The van der Waals surface area contributed by atoms with Crippen LogP contribution in [0.15, 0.2) is 176 Å². The Morgan fingerprint density at radius 1 is 0.426 bits per heavy atom. The normalized spacial score (nSPS) is 11.7. The lowest BCUT2D eigenvalue weighted by Gasteiger charge is -2.13. The van der Waals surface area contributed by atoms with E-state index in [1.54, 1.807) is 11.3 Å². The van der Waals surface area contributed by atoms with Crippen LogP contribution in [0.5, 0.6) is 0 Å². The number of benzene rings is 8. The van der Waals surface area contributed by atoms with Gasteiger partial charge in [0, 0.05) is 32.8 Å². The fourth-order valence-electron chi connectivity index (χ4n) is 7.77. The van der Waals surface area contributed by atoms with Crippen LogP contribution in [-0.4, -0.2) is 24.5 Å². The third-order valence-corrected chi connectivity index (χ3v) is 11.4. The summed E-state index contributed by atoms with van der Waals surface area (Å²) < 4.78 is 3.45. The van der Waals surface area contributed by atoms with E-state index in [0.29, 0.717) is 17.6 Å². The standard InChI is InChI=1S/C48H29N5S/c1-3-14-32(15-4-1)45-50-46(33-16-5-2-6-17-33)52-48(51-45)53-41-28-27-30-13-7-8-18-35(30)43(41)39-29-38(36-19-9-10-20-37(36)44(39)53)31-23-25-34(26-24-31)47-49-40-21-11-12-22-42(40)54-47/h1-29H. The molecule has 11 rings (SSSR count). The molecule has 3 heterocycles. The molecule has 0 aliphatic heterocycles. The predicted octanol–water partition coefficient (Wildman–Crippen LogP) is 12.6. The second-order valence-corrected chi connectivity index (χ2v) is 14.5. The molecule has 0 atom stereocenters. The minimum Gasteiger partial charge on any atom is -0.277 e. The molecule has 6 heteroatoms. The van der Waals surface area contributed by atoms with Gasteiger partial charge in [0.05, 0.1) is 21.3 Å². The topological polar surface area (TPSA) is 56.5 Å². The highest BCUT2D eigenvalue weighted by Crippen LogP contribution is 2.44. The predicted molar refractivity (Wildman–Crippen MR) is 224 cm³/mol. The average molecular weight is 708 g/mol. The van der Waals surface area contributed by atoms with Gasteiger partial charge >= 0.3 is 0 Å². The number of fused-ring (bicyclic) bond motifs is 8. The number of nitrogens with zero attached hydrogens (tertiary/aromatic N) is 5. The molecule has 252 valence electrons. The molecule has 3 aromatic heterocycles. The Morgan fingerprint density at radius 3 is 1.76 bits per heavy atom. The van der Waals surface area contributed by atoms with Crippen LogP contribution in [0, 0.1) is 0 Å². The molecule has 0 spiro atoms. The van der Waals surface area contributed by atoms with Gasteiger partial charge in [0.2, 0.25) is 5.95 Å². The van der Waals surface area contributed by atoms with Crippen LogP contribution < -0.4 is 0 Å². The van der Waals surface area contributed by atoms with Gasteiger partial charge in [0.1, 0.15) is 5.01 Å². The first-order valence-corrected chi connectivity index (χ1v) is 18.8. The summed E-state index contributed by atoms with van der Waals surface area (Å²) in [6.45, 7) is 0. The first-order chi connectivity index (χ1) is 26.8. The maximum Gasteiger partial charge on any atom is 0.238 e. The van der Waals surface area contributed by atoms with Crippen molar-refractivity contribution in [2.24, 2.45) is 0 Å². The lowest BCUT2D eigenvalue weighted by molar-refractivity contribution is 0.955. The molecule has 11 aromatic rings. The Bertz CT molecular complexity index is 3110. The molecule has 0 saturated heterocycles. The zero-order valence-corrected chi connectivity index (χ0v) is 29.7. The number of aromatic nitrogens is 5. The van der Waals surface area contributed by atoms with Crippen molar-refractivity contribution in [3.05, 3.63) is 176 Å². The highest BCUT2D eigenvalue weighted by atomic mass is 32.1. The summed E-state index contributed by atoms with van der Waals surface area (Å²) in [7, 11) is 0. The summed E-state index contributed by atoms with van der Waals surface area (Å²) in [6.07, 6.45) is 0. The molecule has 0 aliphatic carbocycles. The number of rotatable bonds is 5. The monoisotopic (exact) mass is 707 g/mol. The SMILES string of the molecule is c1ccc(-c2nc(-c3ccccc3)nc(-n3c4ccc5ccccc5c4c4cc(-c5ccc(-c6nc7ccccc7s6)cc5)c5ccccc5c43)n2)cc1. The summed E-state index contributed by atoms with van der Waals surface area (Å²) in [5, 5.41) is 8.00. The van der Waals surface area contributed by atoms with E-state index in [4.69, 9.17) is 19.9 Å². The minimum absolute atomic E-state index is 0.580. The first kappa shape index (κ1) is 30.6. The molecule has 0 unspecified atom stereocenters. The molecule has 0 bridgehead atoms. The van der Waals surface area contributed by atoms with Crippen LogP contribution in [0.3, 0.4) is 0 Å². The summed E-state index contributed by atoms with van der Waals surface area (Å²) in [5.41, 5.74) is 8.45. The molecular weight excluding hydrogens is 679 g/mol.